The third kappa shape index (κ3) is 9.71. The first-order valence-electron chi connectivity index (χ1n) is 10.1. The van der Waals surface area contributed by atoms with Crippen molar-refractivity contribution in [2.24, 2.45) is 0 Å². The molecule has 0 aromatic heterocycles. The van der Waals surface area contributed by atoms with E-state index in [0.29, 0.717) is 0 Å². The van der Waals surface area contributed by atoms with E-state index in [1.165, 1.54) is 13.8 Å². The van der Waals surface area contributed by atoms with Gasteiger partial charge in [0.15, 0.2) is 6.29 Å². The molecule has 14 nitrogen and oxygen atoms in total. The highest BCUT2D eigenvalue weighted by atomic mass is 16.7. The SMILES string of the molecule is C=C(C)C(=O)NC[C@H](O)[C@@H](O)[C@H](O[C@@H]1O[C@H](CO)[C@@H](O)[C@H](O)[C@H]1O)[C@H](O)CO.C=C(C)C(=O)O. The summed E-state index contributed by atoms with van der Waals surface area (Å²) in [4.78, 5) is 21.1. The monoisotopic (exact) mass is 497 g/mol. The number of carbonyl (C=O) groups is 2. The van der Waals surface area contributed by atoms with Gasteiger partial charge < -0.3 is 60.7 Å². The number of carbonyl (C=O) groups excluding carboxylic acids is 1. The number of nitrogens with one attached hydrogen (secondary N) is 1. The van der Waals surface area contributed by atoms with E-state index in [4.69, 9.17) is 14.6 Å². The first-order chi connectivity index (χ1) is 15.7. The molecule has 0 aromatic rings. The summed E-state index contributed by atoms with van der Waals surface area (Å²) in [6, 6.07) is 0. The maximum absolute atomic E-state index is 11.5. The predicted molar refractivity (Wildman–Crippen MR) is 114 cm³/mol. The highest BCUT2D eigenvalue weighted by Gasteiger charge is 2.46. The Bertz CT molecular complexity index is 673. The maximum Gasteiger partial charge on any atom is 0.330 e. The van der Waals surface area contributed by atoms with Gasteiger partial charge in [-0.1, -0.05) is 13.2 Å². The number of aliphatic hydroxyl groups is 8. The average Bonchev–Trinajstić information content (AvgIpc) is 2.79. The molecule has 0 radical (unpaired) electrons. The molecular weight excluding hydrogens is 462 g/mol. The van der Waals surface area contributed by atoms with Gasteiger partial charge in [-0.25, -0.2) is 4.79 Å². The van der Waals surface area contributed by atoms with Crippen LogP contribution in [0.25, 0.3) is 0 Å². The number of aliphatic hydroxyl groups excluding tert-OH is 8. The topological polar surface area (TPSA) is 247 Å². The van der Waals surface area contributed by atoms with Crippen LogP contribution in [-0.2, 0) is 19.1 Å². The molecule has 0 aromatic carbocycles. The van der Waals surface area contributed by atoms with Crippen LogP contribution in [0.5, 0.6) is 0 Å². The van der Waals surface area contributed by atoms with Gasteiger partial charge in [0.05, 0.1) is 19.3 Å². The van der Waals surface area contributed by atoms with E-state index in [1.54, 1.807) is 0 Å². The molecule has 34 heavy (non-hydrogen) atoms. The second-order valence-corrected chi connectivity index (χ2v) is 7.68. The molecule has 0 saturated carbocycles. The second kappa shape index (κ2) is 15.1. The lowest BCUT2D eigenvalue weighted by Gasteiger charge is -2.42. The number of hydrogen-bond donors (Lipinski definition) is 10. The second-order valence-electron chi connectivity index (χ2n) is 7.68. The number of hydrogen-bond acceptors (Lipinski definition) is 12. The van der Waals surface area contributed by atoms with Crippen molar-refractivity contribution in [3.8, 4) is 0 Å². The van der Waals surface area contributed by atoms with Gasteiger partial charge in [0.2, 0.25) is 5.91 Å². The van der Waals surface area contributed by atoms with E-state index < -0.39 is 86.8 Å². The quantitative estimate of drug-likeness (QED) is 0.121. The molecule has 10 N–H and O–H groups in total. The van der Waals surface area contributed by atoms with Crippen LogP contribution in [0, 0.1) is 0 Å². The van der Waals surface area contributed by atoms with Gasteiger partial charge in [-0.3, -0.25) is 4.79 Å². The third-order valence-corrected chi connectivity index (χ3v) is 4.66. The van der Waals surface area contributed by atoms with Crippen molar-refractivity contribution in [3.63, 3.8) is 0 Å². The molecule has 1 aliphatic heterocycles. The maximum atomic E-state index is 11.5. The van der Waals surface area contributed by atoms with Crippen LogP contribution in [0.2, 0.25) is 0 Å². The average molecular weight is 497 g/mol. The largest absolute Gasteiger partial charge is 0.478 e. The predicted octanol–water partition coefficient (Wildman–Crippen LogP) is -4.41. The van der Waals surface area contributed by atoms with Crippen molar-refractivity contribution in [1.82, 2.24) is 5.32 Å². The Kier molecular flexibility index (Phi) is 14.2. The molecule has 1 rings (SSSR count). The number of amides is 1. The van der Waals surface area contributed by atoms with Crippen molar-refractivity contribution in [2.45, 2.75) is 69.0 Å². The molecule has 1 fully saturated rings. The zero-order valence-electron chi connectivity index (χ0n) is 18.9. The first kappa shape index (κ1) is 32.0. The van der Waals surface area contributed by atoms with Gasteiger partial charge in [-0.05, 0) is 13.8 Å². The highest BCUT2D eigenvalue weighted by Crippen LogP contribution is 2.24. The molecule has 198 valence electrons. The van der Waals surface area contributed by atoms with Crippen LogP contribution < -0.4 is 5.32 Å². The minimum Gasteiger partial charge on any atom is -0.478 e. The zero-order valence-corrected chi connectivity index (χ0v) is 18.9. The van der Waals surface area contributed by atoms with Gasteiger partial charge in [-0.15, -0.1) is 0 Å². The summed E-state index contributed by atoms with van der Waals surface area (Å²) < 4.78 is 10.4. The standard InChI is InChI=1S/C16H29NO11.C4H6O2/c1-6(2)15(26)17-3-7(20)10(22)14(8(21)4-18)28-16-13(25)12(24)11(23)9(5-19)27-16;1-3(2)4(5)6/h7-14,16,18-25H,1,3-5H2,2H3,(H,17,26);1H2,2H3,(H,5,6)/t7-,8+,9+,10+,11+,12-,13+,14+,16-;/m0./s1. The first-order valence-corrected chi connectivity index (χ1v) is 10.1. The Hall–Kier alpha value is -1.98. The summed E-state index contributed by atoms with van der Waals surface area (Å²) in [7, 11) is 0. The van der Waals surface area contributed by atoms with E-state index in [9.17, 15) is 50.4 Å². The fraction of sp³-hybridized carbons (Fsp3) is 0.700. The van der Waals surface area contributed by atoms with Crippen molar-refractivity contribution >= 4 is 11.9 Å². The van der Waals surface area contributed by atoms with E-state index in [0.717, 1.165) is 0 Å². The zero-order chi connectivity index (χ0) is 26.7. The van der Waals surface area contributed by atoms with Gasteiger partial charge in [-0.2, -0.15) is 0 Å². The molecule has 0 spiro atoms. The summed E-state index contributed by atoms with van der Waals surface area (Å²) >= 11 is 0. The third-order valence-electron chi connectivity index (χ3n) is 4.66. The molecule has 1 saturated heterocycles. The molecule has 0 unspecified atom stereocenters. The number of carboxylic acid groups (broad SMARTS) is 1. The summed E-state index contributed by atoms with van der Waals surface area (Å²) in [5.41, 5.74) is 0.334. The van der Waals surface area contributed by atoms with E-state index in [2.05, 4.69) is 18.5 Å². The van der Waals surface area contributed by atoms with E-state index in [1.807, 2.05) is 0 Å². The van der Waals surface area contributed by atoms with Gasteiger partial charge in [0.25, 0.3) is 0 Å². The van der Waals surface area contributed by atoms with Crippen molar-refractivity contribution in [3.05, 3.63) is 24.3 Å². The Morgan fingerprint density at radius 3 is 1.91 bits per heavy atom. The van der Waals surface area contributed by atoms with Crippen molar-refractivity contribution in [2.75, 3.05) is 19.8 Å². The van der Waals surface area contributed by atoms with Crippen molar-refractivity contribution < 1.29 is 65.0 Å². The van der Waals surface area contributed by atoms with Crippen LogP contribution in [0.15, 0.2) is 24.3 Å². The molecule has 1 amide bonds. The molecule has 0 aliphatic carbocycles. The van der Waals surface area contributed by atoms with Crippen LogP contribution in [-0.4, -0.2) is 133 Å². The van der Waals surface area contributed by atoms with Gasteiger partial charge >= 0.3 is 5.97 Å². The van der Waals surface area contributed by atoms with Crippen LogP contribution in [0.4, 0.5) is 0 Å². The number of rotatable bonds is 11. The van der Waals surface area contributed by atoms with Crippen LogP contribution in [0.3, 0.4) is 0 Å². The summed E-state index contributed by atoms with van der Waals surface area (Å²) in [6.07, 6.45) is -15.2. The number of carboxylic acids is 1. The fourth-order valence-electron chi connectivity index (χ4n) is 2.53. The summed E-state index contributed by atoms with van der Waals surface area (Å²) in [5, 5.41) is 88.3. The van der Waals surface area contributed by atoms with E-state index >= 15 is 0 Å². The Morgan fingerprint density at radius 2 is 1.50 bits per heavy atom. The molecular formula is C20H35NO13. The van der Waals surface area contributed by atoms with Gasteiger partial charge in [0, 0.05) is 17.7 Å². The lowest BCUT2D eigenvalue weighted by Crippen LogP contribution is -2.61. The Labute approximate surface area is 196 Å². The molecule has 1 aliphatic rings. The molecule has 14 heteroatoms. The lowest BCUT2D eigenvalue weighted by molar-refractivity contribution is -0.327. The smallest absolute Gasteiger partial charge is 0.330 e. The lowest BCUT2D eigenvalue weighted by atomic mass is 9.98. The number of ether oxygens (including phenoxy) is 2. The minimum atomic E-state index is -1.86. The summed E-state index contributed by atoms with van der Waals surface area (Å²) in [5.74, 6) is -1.52. The molecule has 1 heterocycles. The van der Waals surface area contributed by atoms with Crippen LogP contribution >= 0.6 is 0 Å². The minimum absolute atomic E-state index is 0.159. The normalized spacial score (nSPS) is 27.9. The number of aliphatic carboxylic acids is 1. The molecule has 0 bridgehead atoms. The Balaban J connectivity index is 0.00000160. The summed E-state index contributed by atoms with van der Waals surface area (Å²) in [6.45, 7) is 7.37. The Morgan fingerprint density at radius 1 is 0.971 bits per heavy atom. The van der Waals surface area contributed by atoms with Crippen molar-refractivity contribution in [1.29, 1.82) is 0 Å². The van der Waals surface area contributed by atoms with E-state index in [-0.39, 0.29) is 11.1 Å². The fourth-order valence-corrected chi connectivity index (χ4v) is 2.53. The van der Waals surface area contributed by atoms with Gasteiger partial charge in [0.1, 0.15) is 42.7 Å². The van der Waals surface area contributed by atoms with Crippen LogP contribution in [0.1, 0.15) is 13.8 Å². The highest BCUT2D eigenvalue weighted by molar-refractivity contribution is 5.92. The molecule has 9 atom stereocenters.